The Kier molecular flexibility index (Phi) is 5.56. The van der Waals surface area contributed by atoms with Gasteiger partial charge in [0.25, 0.3) is 0 Å². The molecular formula is C22H20ClFN2O2S. The molecule has 0 saturated heterocycles. The maximum Gasteiger partial charge on any atom is 0.173 e. The topological polar surface area (TPSA) is 41.6 Å². The Morgan fingerprint density at radius 3 is 2.72 bits per heavy atom. The second-order valence-electron chi connectivity index (χ2n) is 7.14. The molecule has 0 aromatic heterocycles. The second-order valence-corrected chi connectivity index (χ2v) is 7.93. The van der Waals surface area contributed by atoms with E-state index in [1.165, 1.54) is 6.07 Å². The van der Waals surface area contributed by atoms with Gasteiger partial charge in [0.15, 0.2) is 10.9 Å². The SMILES string of the molecule is CN1C(=S)NC(c2ccc(OCc3c(F)cccc3Cl)cc2)C2=C1CCCC2=O. The number of benzene rings is 2. The number of ketones is 1. The second kappa shape index (κ2) is 8.13. The quantitative estimate of drug-likeness (QED) is 0.697. The lowest BCUT2D eigenvalue weighted by molar-refractivity contribution is -0.116. The van der Waals surface area contributed by atoms with E-state index in [1.54, 1.807) is 24.3 Å². The van der Waals surface area contributed by atoms with E-state index in [9.17, 15) is 9.18 Å². The summed E-state index contributed by atoms with van der Waals surface area (Å²) in [4.78, 5) is 14.5. The molecule has 1 aliphatic heterocycles. The lowest BCUT2D eigenvalue weighted by Crippen LogP contribution is -2.47. The maximum atomic E-state index is 13.9. The van der Waals surface area contributed by atoms with Crippen LogP contribution in [0.1, 0.15) is 36.4 Å². The Morgan fingerprint density at radius 2 is 2.00 bits per heavy atom. The standard InChI is InChI=1S/C22H20ClFN2O2S/c1-26-18-6-3-7-19(27)20(18)21(25-22(26)29)13-8-10-14(11-9-13)28-12-15-16(23)4-2-5-17(15)24/h2,4-5,8-11,21H,3,6-7,12H2,1H3,(H,25,29). The Labute approximate surface area is 179 Å². The number of allylic oxidation sites excluding steroid dienone is 1. The molecule has 1 heterocycles. The molecule has 0 radical (unpaired) electrons. The first kappa shape index (κ1) is 19.9. The van der Waals surface area contributed by atoms with Gasteiger partial charge in [0.1, 0.15) is 18.2 Å². The third kappa shape index (κ3) is 3.87. The molecule has 2 aromatic carbocycles. The van der Waals surface area contributed by atoms with Gasteiger partial charge in [-0.3, -0.25) is 4.79 Å². The van der Waals surface area contributed by atoms with Crippen LogP contribution in [-0.4, -0.2) is 22.8 Å². The number of thiocarbonyl (C=S) groups is 1. The van der Waals surface area contributed by atoms with Gasteiger partial charge >= 0.3 is 0 Å². The molecule has 1 atom stereocenters. The molecule has 7 heteroatoms. The molecule has 0 spiro atoms. The molecule has 0 saturated carbocycles. The van der Waals surface area contributed by atoms with Crippen LogP contribution < -0.4 is 10.1 Å². The highest BCUT2D eigenvalue weighted by Crippen LogP contribution is 2.37. The van der Waals surface area contributed by atoms with Crippen LogP contribution in [0.2, 0.25) is 5.02 Å². The number of carbonyl (C=O) groups is 1. The first-order chi connectivity index (χ1) is 14.0. The number of halogens is 2. The van der Waals surface area contributed by atoms with Gasteiger partial charge in [-0.15, -0.1) is 0 Å². The van der Waals surface area contributed by atoms with Crippen molar-refractivity contribution in [2.75, 3.05) is 7.05 Å². The first-order valence-electron chi connectivity index (χ1n) is 9.42. The summed E-state index contributed by atoms with van der Waals surface area (Å²) in [7, 11) is 1.89. The van der Waals surface area contributed by atoms with Crippen molar-refractivity contribution in [1.29, 1.82) is 0 Å². The molecule has 2 aliphatic rings. The highest BCUT2D eigenvalue weighted by molar-refractivity contribution is 7.80. The fourth-order valence-corrected chi connectivity index (χ4v) is 4.22. The van der Waals surface area contributed by atoms with Crippen molar-refractivity contribution in [3.05, 3.63) is 75.7 Å². The zero-order valence-electron chi connectivity index (χ0n) is 15.9. The third-order valence-corrected chi connectivity index (χ3v) is 6.10. The predicted molar refractivity (Wildman–Crippen MR) is 114 cm³/mol. The normalized spacial score (nSPS) is 19.1. The molecule has 0 amide bonds. The number of rotatable bonds is 4. The van der Waals surface area contributed by atoms with E-state index in [2.05, 4.69) is 5.32 Å². The minimum atomic E-state index is -0.395. The van der Waals surface area contributed by atoms with Crippen molar-refractivity contribution >= 4 is 34.7 Å². The van der Waals surface area contributed by atoms with Crippen LogP contribution in [0.25, 0.3) is 0 Å². The van der Waals surface area contributed by atoms with Crippen LogP contribution >= 0.6 is 23.8 Å². The zero-order valence-corrected chi connectivity index (χ0v) is 17.4. The molecule has 1 aliphatic carbocycles. The summed E-state index contributed by atoms with van der Waals surface area (Å²) in [6, 6.07) is 11.7. The van der Waals surface area contributed by atoms with Crippen molar-refractivity contribution in [3.8, 4) is 5.75 Å². The molecule has 150 valence electrons. The predicted octanol–water partition coefficient (Wildman–Crippen LogP) is 4.93. The summed E-state index contributed by atoms with van der Waals surface area (Å²) in [5.74, 6) is 0.355. The monoisotopic (exact) mass is 430 g/mol. The van der Waals surface area contributed by atoms with Crippen molar-refractivity contribution in [2.24, 2.45) is 0 Å². The van der Waals surface area contributed by atoms with E-state index >= 15 is 0 Å². The van der Waals surface area contributed by atoms with Gasteiger partial charge in [0.05, 0.1) is 11.1 Å². The smallest absolute Gasteiger partial charge is 0.173 e. The number of hydrogen-bond donors (Lipinski definition) is 1. The van der Waals surface area contributed by atoms with E-state index in [-0.39, 0.29) is 18.4 Å². The number of carbonyl (C=O) groups excluding carboxylic acids is 1. The van der Waals surface area contributed by atoms with Crippen LogP contribution in [0.15, 0.2) is 53.7 Å². The summed E-state index contributed by atoms with van der Waals surface area (Å²) in [6.07, 6.45) is 2.26. The van der Waals surface area contributed by atoms with E-state index in [0.29, 0.717) is 27.9 Å². The van der Waals surface area contributed by atoms with Crippen LogP contribution in [0.3, 0.4) is 0 Å². The fraction of sp³-hybridized carbons (Fsp3) is 0.273. The number of hydrogen-bond acceptors (Lipinski definition) is 3. The molecule has 4 nitrogen and oxygen atoms in total. The summed E-state index contributed by atoms with van der Waals surface area (Å²) in [5, 5.41) is 4.22. The number of ether oxygens (including phenoxy) is 1. The Morgan fingerprint density at radius 1 is 1.24 bits per heavy atom. The first-order valence-corrected chi connectivity index (χ1v) is 10.2. The molecular weight excluding hydrogens is 411 g/mol. The lowest BCUT2D eigenvalue weighted by Gasteiger charge is -2.39. The van der Waals surface area contributed by atoms with Crippen LogP contribution in [0.5, 0.6) is 5.75 Å². The Hall–Kier alpha value is -2.44. The summed E-state index contributed by atoms with van der Waals surface area (Å²) in [5.41, 5.74) is 3.05. The summed E-state index contributed by atoms with van der Waals surface area (Å²) >= 11 is 11.5. The molecule has 2 aromatic rings. The summed E-state index contributed by atoms with van der Waals surface area (Å²) in [6.45, 7) is 0.0369. The van der Waals surface area contributed by atoms with Gasteiger partial charge < -0.3 is 15.0 Å². The number of Topliss-reactive ketones (excluding diaryl/α,β-unsaturated/α-hetero) is 1. The van der Waals surface area contributed by atoms with E-state index in [1.807, 2.05) is 24.1 Å². The fourth-order valence-electron chi connectivity index (χ4n) is 3.77. The highest BCUT2D eigenvalue weighted by atomic mass is 35.5. The van der Waals surface area contributed by atoms with Crippen molar-refractivity contribution in [2.45, 2.75) is 31.9 Å². The molecule has 29 heavy (non-hydrogen) atoms. The van der Waals surface area contributed by atoms with Crippen molar-refractivity contribution in [3.63, 3.8) is 0 Å². The minimum Gasteiger partial charge on any atom is -0.489 e. The summed E-state index contributed by atoms with van der Waals surface area (Å²) < 4.78 is 19.6. The molecule has 0 bridgehead atoms. The highest BCUT2D eigenvalue weighted by Gasteiger charge is 2.35. The van der Waals surface area contributed by atoms with Gasteiger partial charge in [0.2, 0.25) is 0 Å². The minimum absolute atomic E-state index is 0.0369. The molecule has 1 unspecified atom stereocenters. The lowest BCUT2D eigenvalue weighted by atomic mass is 9.85. The average Bonchev–Trinajstić information content (AvgIpc) is 2.71. The van der Waals surface area contributed by atoms with Gasteiger partial charge in [0, 0.05) is 30.3 Å². The van der Waals surface area contributed by atoms with Crippen molar-refractivity contribution in [1.82, 2.24) is 10.2 Å². The van der Waals surface area contributed by atoms with Crippen molar-refractivity contribution < 1.29 is 13.9 Å². The Bertz CT molecular complexity index is 986. The molecule has 4 rings (SSSR count). The Balaban J connectivity index is 1.55. The molecule has 0 fully saturated rings. The van der Waals surface area contributed by atoms with E-state index in [4.69, 9.17) is 28.6 Å². The number of nitrogens with one attached hydrogen (secondary N) is 1. The van der Waals surface area contributed by atoms with Crippen LogP contribution in [0, 0.1) is 5.82 Å². The van der Waals surface area contributed by atoms with Crippen LogP contribution in [-0.2, 0) is 11.4 Å². The zero-order chi connectivity index (χ0) is 20.5. The maximum absolute atomic E-state index is 13.9. The average molecular weight is 431 g/mol. The van der Waals surface area contributed by atoms with Gasteiger partial charge in [-0.25, -0.2) is 4.39 Å². The third-order valence-electron chi connectivity index (χ3n) is 5.35. The number of nitrogens with zero attached hydrogens (tertiary/aromatic N) is 1. The van der Waals surface area contributed by atoms with E-state index in [0.717, 1.165) is 29.7 Å². The van der Waals surface area contributed by atoms with Gasteiger partial charge in [-0.2, -0.15) is 0 Å². The van der Waals surface area contributed by atoms with Crippen LogP contribution in [0.4, 0.5) is 4.39 Å². The largest absolute Gasteiger partial charge is 0.489 e. The van der Waals surface area contributed by atoms with E-state index < -0.39 is 5.82 Å². The van der Waals surface area contributed by atoms with Gasteiger partial charge in [-0.05, 0) is 54.9 Å². The van der Waals surface area contributed by atoms with Gasteiger partial charge in [-0.1, -0.05) is 29.8 Å². The molecule has 1 N–H and O–H groups in total.